The average molecular weight is 264 g/mol. The van der Waals surface area contributed by atoms with Crippen molar-refractivity contribution < 1.29 is 14.3 Å². The van der Waals surface area contributed by atoms with E-state index >= 15 is 0 Å². The molecular formula is C9H11BrFNO2. The molecule has 1 aromatic carbocycles. The summed E-state index contributed by atoms with van der Waals surface area (Å²) in [7, 11) is 2.50. The first kappa shape index (κ1) is 13.1. The van der Waals surface area contributed by atoms with Gasteiger partial charge in [-0.25, -0.2) is 4.39 Å². The molecule has 2 N–H and O–H groups in total. The Balaban J connectivity index is 0.000000791. The van der Waals surface area contributed by atoms with Crippen LogP contribution in [0.4, 0.5) is 4.39 Å². The van der Waals surface area contributed by atoms with Gasteiger partial charge in [0.25, 0.3) is 5.91 Å². The molecule has 1 rings (SSSR count). The lowest BCUT2D eigenvalue weighted by Crippen LogP contribution is -2.18. The van der Waals surface area contributed by atoms with E-state index in [1.54, 1.807) is 6.07 Å². The predicted molar refractivity (Wildman–Crippen MR) is 55.6 cm³/mol. The molecule has 0 aliphatic rings. The van der Waals surface area contributed by atoms with Gasteiger partial charge in [-0.05, 0) is 28.1 Å². The Kier molecular flexibility index (Phi) is 6.07. The van der Waals surface area contributed by atoms with Crippen molar-refractivity contribution in [3.63, 3.8) is 0 Å². The Bertz CT molecular complexity index is 318. The third-order valence-corrected chi connectivity index (χ3v) is 2.23. The molecule has 1 aromatic rings. The summed E-state index contributed by atoms with van der Waals surface area (Å²) in [5, 5.41) is 9.41. The Morgan fingerprint density at radius 1 is 1.50 bits per heavy atom. The van der Waals surface area contributed by atoms with Crippen molar-refractivity contribution in [1.82, 2.24) is 5.32 Å². The second-order valence-electron chi connectivity index (χ2n) is 2.18. The highest BCUT2D eigenvalue weighted by molar-refractivity contribution is 9.10. The van der Waals surface area contributed by atoms with E-state index in [4.69, 9.17) is 5.11 Å². The summed E-state index contributed by atoms with van der Waals surface area (Å²) in [6.07, 6.45) is 0. The largest absolute Gasteiger partial charge is 0.400 e. The van der Waals surface area contributed by atoms with Crippen LogP contribution in [0.3, 0.4) is 0 Å². The lowest BCUT2D eigenvalue weighted by atomic mass is 10.2. The van der Waals surface area contributed by atoms with Crippen molar-refractivity contribution in [3.8, 4) is 0 Å². The fraction of sp³-hybridized carbons (Fsp3) is 0.222. The first-order valence-electron chi connectivity index (χ1n) is 3.77. The summed E-state index contributed by atoms with van der Waals surface area (Å²) in [5.41, 5.74) is 0.303. The van der Waals surface area contributed by atoms with E-state index in [-0.39, 0.29) is 10.4 Å². The van der Waals surface area contributed by atoms with E-state index in [0.717, 1.165) is 7.11 Å². The summed E-state index contributed by atoms with van der Waals surface area (Å²) in [5.74, 6) is -0.738. The molecule has 0 fully saturated rings. The maximum Gasteiger partial charge on any atom is 0.252 e. The van der Waals surface area contributed by atoms with Gasteiger partial charge in [0.05, 0.1) is 10.0 Å². The standard InChI is InChI=1S/C8H7BrFNO.CH4O/c1-11-8(12)5-3-2-4-6(10)7(5)9;1-2/h2-4H,1H3,(H,11,12);2H,1H3. The molecule has 0 radical (unpaired) electrons. The predicted octanol–water partition coefficient (Wildman–Crippen LogP) is 1.56. The molecular weight excluding hydrogens is 253 g/mol. The summed E-state index contributed by atoms with van der Waals surface area (Å²) in [6.45, 7) is 0. The molecule has 0 saturated heterocycles. The van der Waals surface area contributed by atoms with Crippen LogP contribution in [0.1, 0.15) is 10.4 Å². The molecule has 14 heavy (non-hydrogen) atoms. The zero-order valence-electron chi connectivity index (χ0n) is 7.84. The van der Waals surface area contributed by atoms with Crippen molar-refractivity contribution in [3.05, 3.63) is 34.1 Å². The van der Waals surface area contributed by atoms with Crippen molar-refractivity contribution in [2.24, 2.45) is 0 Å². The van der Waals surface area contributed by atoms with Crippen molar-refractivity contribution in [2.45, 2.75) is 0 Å². The van der Waals surface area contributed by atoms with Crippen LogP contribution in [0.2, 0.25) is 0 Å². The number of hydrogen-bond acceptors (Lipinski definition) is 2. The third-order valence-electron chi connectivity index (χ3n) is 1.42. The molecule has 1 amide bonds. The molecule has 78 valence electrons. The van der Waals surface area contributed by atoms with Gasteiger partial charge in [0.2, 0.25) is 0 Å². The molecule has 0 aliphatic heterocycles. The van der Waals surface area contributed by atoms with Gasteiger partial charge in [0.1, 0.15) is 5.82 Å². The highest BCUT2D eigenvalue weighted by atomic mass is 79.9. The minimum Gasteiger partial charge on any atom is -0.400 e. The van der Waals surface area contributed by atoms with Crippen LogP contribution >= 0.6 is 15.9 Å². The normalized spacial score (nSPS) is 8.64. The lowest BCUT2D eigenvalue weighted by Gasteiger charge is -2.02. The van der Waals surface area contributed by atoms with Crippen LogP contribution < -0.4 is 5.32 Å². The Morgan fingerprint density at radius 2 is 2.07 bits per heavy atom. The molecule has 5 heteroatoms. The fourth-order valence-electron chi connectivity index (χ4n) is 0.814. The zero-order chi connectivity index (χ0) is 11.1. The molecule has 0 aliphatic carbocycles. The average Bonchev–Trinajstić information content (AvgIpc) is 2.24. The number of nitrogens with one attached hydrogen (secondary N) is 1. The van der Waals surface area contributed by atoms with E-state index in [9.17, 15) is 9.18 Å². The van der Waals surface area contributed by atoms with Gasteiger partial charge < -0.3 is 10.4 Å². The molecule has 0 spiro atoms. The maximum atomic E-state index is 12.8. The van der Waals surface area contributed by atoms with E-state index < -0.39 is 5.82 Å². The fourth-order valence-corrected chi connectivity index (χ4v) is 1.26. The summed E-state index contributed by atoms with van der Waals surface area (Å²) >= 11 is 2.99. The smallest absolute Gasteiger partial charge is 0.252 e. The maximum absolute atomic E-state index is 12.8. The number of carbonyl (C=O) groups is 1. The third kappa shape index (κ3) is 3.08. The highest BCUT2D eigenvalue weighted by Gasteiger charge is 2.10. The second-order valence-corrected chi connectivity index (χ2v) is 2.97. The van der Waals surface area contributed by atoms with Gasteiger partial charge in [-0.1, -0.05) is 6.07 Å². The van der Waals surface area contributed by atoms with Gasteiger partial charge in [0, 0.05) is 14.2 Å². The number of carbonyl (C=O) groups excluding carboxylic acids is 1. The van der Waals surface area contributed by atoms with Crippen LogP contribution in [0, 0.1) is 5.82 Å². The Morgan fingerprint density at radius 3 is 2.57 bits per heavy atom. The van der Waals surface area contributed by atoms with Crippen molar-refractivity contribution in [1.29, 1.82) is 0 Å². The molecule has 3 nitrogen and oxygen atoms in total. The van der Waals surface area contributed by atoms with Gasteiger partial charge in [-0.2, -0.15) is 0 Å². The zero-order valence-corrected chi connectivity index (χ0v) is 9.43. The van der Waals surface area contributed by atoms with Crippen LogP contribution in [0.25, 0.3) is 0 Å². The van der Waals surface area contributed by atoms with Crippen molar-refractivity contribution >= 4 is 21.8 Å². The van der Waals surface area contributed by atoms with Gasteiger partial charge >= 0.3 is 0 Å². The van der Waals surface area contributed by atoms with Gasteiger partial charge in [-0.15, -0.1) is 0 Å². The molecule has 0 saturated carbocycles. The quantitative estimate of drug-likeness (QED) is 0.808. The lowest BCUT2D eigenvalue weighted by molar-refractivity contribution is 0.0962. The summed E-state index contributed by atoms with van der Waals surface area (Å²) in [4.78, 5) is 11.1. The number of aliphatic hydroxyl groups is 1. The molecule has 0 heterocycles. The van der Waals surface area contributed by atoms with Gasteiger partial charge in [-0.3, -0.25) is 4.79 Å². The number of aliphatic hydroxyl groups excluding tert-OH is 1. The number of benzene rings is 1. The van der Waals surface area contributed by atoms with Crippen LogP contribution in [0.15, 0.2) is 22.7 Å². The van der Waals surface area contributed by atoms with E-state index in [0.29, 0.717) is 5.56 Å². The van der Waals surface area contributed by atoms with E-state index in [2.05, 4.69) is 21.2 Å². The minimum absolute atomic E-state index is 0.198. The van der Waals surface area contributed by atoms with Crippen LogP contribution in [-0.2, 0) is 0 Å². The van der Waals surface area contributed by atoms with Gasteiger partial charge in [0.15, 0.2) is 0 Å². The Hall–Kier alpha value is -0.940. The number of halogens is 2. The second kappa shape index (κ2) is 6.50. The first-order chi connectivity index (χ1) is 6.66. The van der Waals surface area contributed by atoms with Crippen LogP contribution in [-0.4, -0.2) is 25.2 Å². The molecule has 0 bridgehead atoms. The van der Waals surface area contributed by atoms with E-state index in [1.807, 2.05) is 0 Å². The SMILES string of the molecule is CNC(=O)c1cccc(F)c1Br.CO. The Labute approximate surface area is 90.1 Å². The van der Waals surface area contributed by atoms with E-state index in [1.165, 1.54) is 19.2 Å². The monoisotopic (exact) mass is 263 g/mol. The molecule has 0 atom stereocenters. The number of rotatable bonds is 1. The summed E-state index contributed by atoms with van der Waals surface area (Å²) in [6, 6.07) is 4.33. The first-order valence-corrected chi connectivity index (χ1v) is 4.57. The number of hydrogen-bond donors (Lipinski definition) is 2. The van der Waals surface area contributed by atoms with Crippen LogP contribution in [0.5, 0.6) is 0 Å². The summed E-state index contributed by atoms with van der Waals surface area (Å²) < 4.78 is 13.0. The minimum atomic E-state index is -0.434. The highest BCUT2D eigenvalue weighted by Crippen LogP contribution is 2.19. The van der Waals surface area contributed by atoms with Crippen molar-refractivity contribution in [2.75, 3.05) is 14.2 Å². The topological polar surface area (TPSA) is 49.3 Å². The molecule has 0 aromatic heterocycles. The number of amides is 1. The molecule has 0 unspecified atom stereocenters.